The summed E-state index contributed by atoms with van der Waals surface area (Å²) in [6, 6.07) is 3.73. The van der Waals surface area contributed by atoms with Crippen molar-refractivity contribution in [2.24, 2.45) is 0 Å². The van der Waals surface area contributed by atoms with E-state index in [1.807, 2.05) is 0 Å². The van der Waals surface area contributed by atoms with E-state index in [1.54, 1.807) is 92.5 Å². The number of ether oxygens (including phenoxy) is 3. The lowest BCUT2D eigenvalue weighted by molar-refractivity contribution is 0.00490. The van der Waals surface area contributed by atoms with E-state index >= 15 is 0 Å². The van der Waals surface area contributed by atoms with Crippen LogP contribution in [-0.4, -0.2) is 72.5 Å². The lowest BCUT2D eigenvalue weighted by Crippen LogP contribution is -2.52. The van der Waals surface area contributed by atoms with Gasteiger partial charge in [-0.3, -0.25) is 10.2 Å². The largest absolute Gasteiger partial charge is 0.447 e. The number of thiazole rings is 1. The quantitative estimate of drug-likeness (QED) is 0.267. The number of amides is 3. The number of hydrogen-bond acceptors (Lipinski definition) is 10. The third-order valence-corrected chi connectivity index (χ3v) is 9.18. The SMILES string of the molecule is CC(C)OC(=O)Nc1ccc(-c2cnc([C@@H]3CC[C@@H](NC(=O)OC(C)C)CN3C(=O)OC(C)(C)C)s2)c(S(=O)(=O)NC(C)(C)C)c1. The van der Waals surface area contributed by atoms with Gasteiger partial charge in [-0.05, 0) is 94.2 Å². The first-order valence-electron chi connectivity index (χ1n) is 15.2. The summed E-state index contributed by atoms with van der Waals surface area (Å²) in [6.07, 6.45) is 0.109. The molecule has 1 aliphatic rings. The van der Waals surface area contributed by atoms with Crippen molar-refractivity contribution in [3.8, 4) is 10.4 Å². The topological polar surface area (TPSA) is 165 Å². The van der Waals surface area contributed by atoms with Crippen LogP contribution in [0.4, 0.5) is 20.1 Å². The number of carbonyl (C=O) groups is 3. The number of likely N-dealkylation sites (tertiary alicyclic amines) is 1. The van der Waals surface area contributed by atoms with E-state index in [9.17, 15) is 22.8 Å². The van der Waals surface area contributed by atoms with Crippen LogP contribution in [0.25, 0.3) is 10.4 Å². The number of benzene rings is 1. The predicted octanol–water partition coefficient (Wildman–Crippen LogP) is 6.42. The van der Waals surface area contributed by atoms with Crippen LogP contribution >= 0.6 is 11.3 Å². The lowest BCUT2D eigenvalue weighted by Gasteiger charge is -2.39. The maximum absolute atomic E-state index is 13.6. The number of hydrogen-bond donors (Lipinski definition) is 3. The molecule has 0 radical (unpaired) electrons. The molecule has 2 heterocycles. The van der Waals surface area contributed by atoms with Gasteiger partial charge < -0.3 is 19.5 Å². The molecule has 0 unspecified atom stereocenters. The van der Waals surface area contributed by atoms with Gasteiger partial charge in [-0.25, -0.2) is 32.5 Å². The van der Waals surface area contributed by atoms with E-state index in [4.69, 9.17) is 14.2 Å². The van der Waals surface area contributed by atoms with Gasteiger partial charge in [-0.2, -0.15) is 0 Å². The standard InChI is InChI=1S/C31H47N5O8S2/c1-18(2)42-27(37)33-20-11-13-22(25(15-20)46(40,41)35-30(5,6)7)24-16-32-26(45-24)23-14-12-21(34-28(38)43-19(3)4)17-36(23)29(39)44-31(8,9)10/h11,13,15-16,18-19,21,23,35H,12,14,17H2,1-10H3,(H,33,37)(H,34,38)/t21-,23+/m1/s1. The Bertz CT molecular complexity index is 1510. The molecule has 3 N–H and O–H groups in total. The normalized spacial score (nSPS) is 17.5. The van der Waals surface area contributed by atoms with E-state index in [0.29, 0.717) is 28.3 Å². The summed E-state index contributed by atoms with van der Waals surface area (Å²) in [5, 5.41) is 6.00. The Balaban J connectivity index is 1.99. The highest BCUT2D eigenvalue weighted by Gasteiger charge is 2.38. The van der Waals surface area contributed by atoms with Crippen LogP contribution in [0.2, 0.25) is 0 Å². The summed E-state index contributed by atoms with van der Waals surface area (Å²) in [7, 11) is -4.07. The molecule has 0 bridgehead atoms. The van der Waals surface area contributed by atoms with Crippen molar-refractivity contribution < 1.29 is 37.0 Å². The fourth-order valence-corrected chi connectivity index (χ4v) is 7.53. The van der Waals surface area contributed by atoms with E-state index in [1.165, 1.54) is 17.4 Å². The lowest BCUT2D eigenvalue weighted by atomic mass is 9.99. The summed E-state index contributed by atoms with van der Waals surface area (Å²) in [5.41, 5.74) is -0.921. The highest BCUT2D eigenvalue weighted by molar-refractivity contribution is 7.89. The van der Waals surface area contributed by atoms with Crippen molar-refractivity contribution in [3.05, 3.63) is 29.4 Å². The van der Waals surface area contributed by atoms with Crippen LogP contribution in [0.1, 0.15) is 93.1 Å². The summed E-state index contributed by atoms with van der Waals surface area (Å²) in [6.45, 7) is 17.6. The molecule has 46 heavy (non-hydrogen) atoms. The molecule has 1 aromatic heterocycles. The molecule has 15 heteroatoms. The number of carbonyl (C=O) groups excluding carboxylic acids is 3. The summed E-state index contributed by atoms with van der Waals surface area (Å²) in [4.78, 5) is 44.6. The van der Waals surface area contributed by atoms with Gasteiger partial charge in [0.1, 0.15) is 10.6 Å². The van der Waals surface area contributed by atoms with E-state index in [-0.39, 0.29) is 35.4 Å². The Labute approximate surface area is 275 Å². The fourth-order valence-electron chi connectivity index (χ4n) is 4.69. The van der Waals surface area contributed by atoms with Gasteiger partial charge in [-0.1, -0.05) is 6.07 Å². The van der Waals surface area contributed by atoms with Crippen molar-refractivity contribution in [1.29, 1.82) is 0 Å². The Morgan fingerprint density at radius 1 is 0.978 bits per heavy atom. The van der Waals surface area contributed by atoms with E-state index < -0.39 is 45.5 Å². The number of piperidine rings is 1. The van der Waals surface area contributed by atoms with Crippen molar-refractivity contribution in [3.63, 3.8) is 0 Å². The number of sulfonamides is 1. The van der Waals surface area contributed by atoms with Gasteiger partial charge in [0.25, 0.3) is 0 Å². The van der Waals surface area contributed by atoms with Crippen molar-refractivity contribution >= 4 is 45.3 Å². The summed E-state index contributed by atoms with van der Waals surface area (Å²) < 4.78 is 46.1. The number of rotatable bonds is 8. The Kier molecular flexibility index (Phi) is 11.7. The highest BCUT2D eigenvalue weighted by atomic mass is 32.2. The molecule has 1 aromatic carbocycles. The maximum atomic E-state index is 13.6. The average molecular weight is 682 g/mol. The molecule has 2 aromatic rings. The molecule has 2 atom stereocenters. The molecule has 3 rings (SSSR count). The van der Waals surface area contributed by atoms with Crippen LogP contribution in [0.3, 0.4) is 0 Å². The van der Waals surface area contributed by atoms with Gasteiger partial charge in [0, 0.05) is 29.5 Å². The minimum Gasteiger partial charge on any atom is -0.447 e. The number of anilines is 1. The summed E-state index contributed by atoms with van der Waals surface area (Å²) in [5.74, 6) is 0. The Morgan fingerprint density at radius 2 is 1.61 bits per heavy atom. The molecule has 13 nitrogen and oxygen atoms in total. The second-order valence-electron chi connectivity index (χ2n) is 13.7. The zero-order chi connectivity index (χ0) is 34.6. The van der Waals surface area contributed by atoms with E-state index in [0.717, 1.165) is 0 Å². The molecular weight excluding hydrogens is 635 g/mol. The molecule has 1 aliphatic heterocycles. The van der Waals surface area contributed by atoms with Gasteiger partial charge in [0.15, 0.2) is 0 Å². The molecule has 0 spiro atoms. The van der Waals surface area contributed by atoms with Gasteiger partial charge in [0.05, 0.1) is 34.1 Å². The van der Waals surface area contributed by atoms with Gasteiger partial charge in [0.2, 0.25) is 10.0 Å². The predicted molar refractivity (Wildman–Crippen MR) is 176 cm³/mol. The zero-order valence-corrected chi connectivity index (χ0v) is 29.9. The van der Waals surface area contributed by atoms with Crippen LogP contribution < -0.4 is 15.4 Å². The molecule has 0 saturated carbocycles. The molecule has 3 amide bonds. The highest BCUT2D eigenvalue weighted by Crippen LogP contribution is 2.40. The van der Waals surface area contributed by atoms with Crippen LogP contribution in [0.15, 0.2) is 29.3 Å². The number of nitrogens with one attached hydrogen (secondary N) is 3. The third kappa shape index (κ3) is 10.8. The first-order valence-corrected chi connectivity index (χ1v) is 17.5. The van der Waals surface area contributed by atoms with Crippen LogP contribution in [0, 0.1) is 0 Å². The second kappa shape index (κ2) is 14.6. The Morgan fingerprint density at radius 3 is 2.20 bits per heavy atom. The molecule has 256 valence electrons. The zero-order valence-electron chi connectivity index (χ0n) is 28.2. The van der Waals surface area contributed by atoms with E-state index in [2.05, 4.69) is 20.3 Å². The van der Waals surface area contributed by atoms with Gasteiger partial charge >= 0.3 is 18.3 Å². The van der Waals surface area contributed by atoms with Crippen LogP contribution in [0.5, 0.6) is 0 Å². The maximum Gasteiger partial charge on any atom is 0.411 e. The molecular formula is C31H47N5O8S2. The number of aromatic nitrogens is 1. The second-order valence-corrected chi connectivity index (χ2v) is 16.4. The number of nitrogens with zero attached hydrogens (tertiary/aromatic N) is 2. The van der Waals surface area contributed by atoms with Crippen molar-refractivity contribution in [1.82, 2.24) is 19.9 Å². The first-order chi connectivity index (χ1) is 21.1. The summed E-state index contributed by atoms with van der Waals surface area (Å²) >= 11 is 1.25. The Hall–Kier alpha value is -3.43. The van der Waals surface area contributed by atoms with Crippen molar-refractivity contribution in [2.75, 3.05) is 11.9 Å². The fraction of sp³-hybridized carbons (Fsp3) is 0.613. The minimum atomic E-state index is -4.07. The number of alkyl carbamates (subject to hydrolysis) is 1. The van der Waals surface area contributed by atoms with Crippen LogP contribution in [-0.2, 0) is 24.2 Å². The van der Waals surface area contributed by atoms with Gasteiger partial charge in [-0.15, -0.1) is 11.3 Å². The monoisotopic (exact) mass is 681 g/mol. The third-order valence-electron chi connectivity index (χ3n) is 6.25. The molecule has 0 aliphatic carbocycles. The average Bonchev–Trinajstić information content (AvgIpc) is 3.35. The first kappa shape index (κ1) is 37.0. The molecule has 1 saturated heterocycles. The smallest absolute Gasteiger partial charge is 0.411 e. The molecule has 1 fully saturated rings. The minimum absolute atomic E-state index is 0.0551. The van der Waals surface area contributed by atoms with Crippen molar-refractivity contribution in [2.45, 2.75) is 122 Å².